The standard InChI is InChI=1S/C24H26N2O4/c1-18(22(27)26-24(17-25)14-6-3-7-15-24)30-23(28)20-10-12-21(13-11-20)29-16-19-8-4-2-5-9-19/h2,4-5,8-13,18H,3,6-7,14-16H2,1H3,(H,26,27). The number of carbonyl (C=O) groups excluding carboxylic acids is 2. The lowest BCUT2D eigenvalue weighted by atomic mass is 9.83. The highest BCUT2D eigenvalue weighted by Gasteiger charge is 2.35. The van der Waals surface area contributed by atoms with Crippen molar-refractivity contribution < 1.29 is 19.1 Å². The van der Waals surface area contributed by atoms with E-state index in [0.717, 1.165) is 24.8 Å². The van der Waals surface area contributed by atoms with Gasteiger partial charge in [-0.3, -0.25) is 4.79 Å². The third-order valence-electron chi connectivity index (χ3n) is 5.27. The van der Waals surface area contributed by atoms with Crippen molar-refractivity contribution in [3.8, 4) is 11.8 Å². The molecule has 1 saturated carbocycles. The van der Waals surface area contributed by atoms with Gasteiger partial charge in [-0.15, -0.1) is 0 Å². The normalized spacial score (nSPS) is 16.0. The Labute approximate surface area is 176 Å². The van der Waals surface area contributed by atoms with E-state index in [4.69, 9.17) is 9.47 Å². The Morgan fingerprint density at radius 2 is 1.73 bits per heavy atom. The molecule has 0 bridgehead atoms. The molecule has 2 aromatic rings. The molecule has 1 N–H and O–H groups in total. The van der Waals surface area contributed by atoms with Gasteiger partial charge in [-0.05, 0) is 49.6 Å². The van der Waals surface area contributed by atoms with Crippen LogP contribution in [0.1, 0.15) is 54.9 Å². The van der Waals surface area contributed by atoms with Crippen molar-refractivity contribution in [1.29, 1.82) is 5.26 Å². The molecule has 0 heterocycles. The second-order valence-corrected chi connectivity index (χ2v) is 7.59. The number of nitrogens with zero attached hydrogens (tertiary/aromatic N) is 1. The van der Waals surface area contributed by atoms with Crippen molar-refractivity contribution in [2.75, 3.05) is 0 Å². The van der Waals surface area contributed by atoms with Gasteiger partial charge in [0.05, 0.1) is 11.6 Å². The first kappa shape index (κ1) is 21.4. The molecule has 1 atom stereocenters. The SMILES string of the molecule is CC(OC(=O)c1ccc(OCc2ccccc2)cc1)C(=O)NC1(C#N)CCCCC1. The highest BCUT2D eigenvalue weighted by molar-refractivity contribution is 5.92. The third kappa shape index (κ3) is 5.60. The topological polar surface area (TPSA) is 88.4 Å². The van der Waals surface area contributed by atoms with Crippen LogP contribution in [-0.4, -0.2) is 23.5 Å². The minimum Gasteiger partial charge on any atom is -0.489 e. The zero-order valence-corrected chi connectivity index (χ0v) is 17.1. The van der Waals surface area contributed by atoms with E-state index in [2.05, 4.69) is 11.4 Å². The van der Waals surface area contributed by atoms with Crippen LogP contribution >= 0.6 is 0 Å². The maximum absolute atomic E-state index is 12.5. The Morgan fingerprint density at radius 1 is 1.07 bits per heavy atom. The van der Waals surface area contributed by atoms with E-state index < -0.39 is 23.5 Å². The van der Waals surface area contributed by atoms with Gasteiger partial charge in [-0.25, -0.2) is 4.79 Å². The van der Waals surface area contributed by atoms with Crippen molar-refractivity contribution in [3.05, 3.63) is 65.7 Å². The lowest BCUT2D eigenvalue weighted by Gasteiger charge is -2.32. The zero-order valence-electron chi connectivity index (χ0n) is 17.1. The number of amides is 1. The van der Waals surface area contributed by atoms with Crippen LogP contribution in [0.2, 0.25) is 0 Å². The molecule has 1 amide bonds. The molecule has 6 nitrogen and oxygen atoms in total. The van der Waals surface area contributed by atoms with Gasteiger partial charge in [0.2, 0.25) is 0 Å². The van der Waals surface area contributed by atoms with Gasteiger partial charge in [0.15, 0.2) is 6.10 Å². The molecule has 1 fully saturated rings. The summed E-state index contributed by atoms with van der Waals surface area (Å²) in [7, 11) is 0. The Hall–Kier alpha value is -3.33. The first-order valence-electron chi connectivity index (χ1n) is 10.2. The summed E-state index contributed by atoms with van der Waals surface area (Å²) in [6, 6.07) is 18.6. The van der Waals surface area contributed by atoms with Gasteiger partial charge in [0.1, 0.15) is 17.9 Å². The Bertz CT molecular complexity index is 897. The number of carbonyl (C=O) groups is 2. The fraction of sp³-hybridized carbons (Fsp3) is 0.375. The third-order valence-corrected chi connectivity index (χ3v) is 5.27. The molecule has 0 saturated heterocycles. The van der Waals surface area contributed by atoms with E-state index in [1.54, 1.807) is 24.3 Å². The average Bonchev–Trinajstić information content (AvgIpc) is 2.79. The molecule has 1 aliphatic carbocycles. The first-order chi connectivity index (χ1) is 14.5. The monoisotopic (exact) mass is 406 g/mol. The maximum atomic E-state index is 12.5. The van der Waals surface area contributed by atoms with Gasteiger partial charge in [0, 0.05) is 0 Å². The molecule has 6 heteroatoms. The molecule has 1 unspecified atom stereocenters. The number of benzene rings is 2. The molecule has 0 aromatic heterocycles. The van der Waals surface area contributed by atoms with E-state index in [9.17, 15) is 14.9 Å². The molecule has 1 aliphatic rings. The lowest BCUT2D eigenvalue weighted by Crippen LogP contribution is -2.52. The number of rotatable bonds is 7. The van der Waals surface area contributed by atoms with Crippen molar-refractivity contribution in [2.45, 2.75) is 57.3 Å². The number of ether oxygens (including phenoxy) is 2. The quantitative estimate of drug-likeness (QED) is 0.698. The van der Waals surface area contributed by atoms with Crippen LogP contribution in [0.25, 0.3) is 0 Å². The van der Waals surface area contributed by atoms with Gasteiger partial charge < -0.3 is 14.8 Å². The number of hydrogen-bond donors (Lipinski definition) is 1. The second kappa shape index (κ2) is 9.93. The summed E-state index contributed by atoms with van der Waals surface area (Å²) in [5, 5.41) is 12.3. The predicted octanol–water partition coefficient (Wildman–Crippen LogP) is 4.15. The van der Waals surface area contributed by atoms with Gasteiger partial charge in [-0.1, -0.05) is 49.6 Å². The molecule has 0 radical (unpaired) electrons. The summed E-state index contributed by atoms with van der Waals surface area (Å²) < 4.78 is 11.0. The van der Waals surface area contributed by atoms with E-state index in [0.29, 0.717) is 30.8 Å². The summed E-state index contributed by atoms with van der Waals surface area (Å²) in [5.41, 5.74) is 0.525. The van der Waals surface area contributed by atoms with Crippen molar-refractivity contribution in [3.63, 3.8) is 0 Å². The van der Waals surface area contributed by atoms with Crippen LogP contribution in [0.3, 0.4) is 0 Å². The second-order valence-electron chi connectivity index (χ2n) is 7.59. The molecule has 0 spiro atoms. The molecule has 0 aliphatic heterocycles. The van der Waals surface area contributed by atoms with Crippen molar-refractivity contribution in [2.24, 2.45) is 0 Å². The van der Waals surface area contributed by atoms with Crippen LogP contribution in [-0.2, 0) is 16.1 Å². The maximum Gasteiger partial charge on any atom is 0.338 e. The van der Waals surface area contributed by atoms with E-state index in [1.807, 2.05) is 30.3 Å². The van der Waals surface area contributed by atoms with Gasteiger partial charge >= 0.3 is 5.97 Å². The number of nitrogens with one attached hydrogen (secondary N) is 1. The van der Waals surface area contributed by atoms with Crippen molar-refractivity contribution >= 4 is 11.9 Å². The molecule has 30 heavy (non-hydrogen) atoms. The van der Waals surface area contributed by atoms with E-state index in [-0.39, 0.29) is 0 Å². The number of hydrogen-bond acceptors (Lipinski definition) is 5. The highest BCUT2D eigenvalue weighted by atomic mass is 16.5. The summed E-state index contributed by atoms with van der Waals surface area (Å²) in [5.74, 6) is -0.411. The zero-order chi connectivity index (χ0) is 21.4. The molecular weight excluding hydrogens is 380 g/mol. The smallest absolute Gasteiger partial charge is 0.338 e. The van der Waals surface area contributed by atoms with Crippen LogP contribution in [0, 0.1) is 11.3 Å². The van der Waals surface area contributed by atoms with E-state index >= 15 is 0 Å². The summed E-state index contributed by atoms with van der Waals surface area (Å²) in [6.07, 6.45) is 3.13. The van der Waals surface area contributed by atoms with Crippen LogP contribution in [0.4, 0.5) is 0 Å². The lowest BCUT2D eigenvalue weighted by molar-refractivity contribution is -0.130. The van der Waals surface area contributed by atoms with Gasteiger partial charge in [-0.2, -0.15) is 5.26 Å². The van der Waals surface area contributed by atoms with E-state index in [1.165, 1.54) is 6.92 Å². The predicted molar refractivity (Wildman–Crippen MR) is 112 cm³/mol. The minimum atomic E-state index is -0.987. The Morgan fingerprint density at radius 3 is 2.37 bits per heavy atom. The average molecular weight is 406 g/mol. The van der Waals surface area contributed by atoms with Crippen LogP contribution in [0.5, 0.6) is 5.75 Å². The Balaban J connectivity index is 1.52. The first-order valence-corrected chi connectivity index (χ1v) is 10.2. The van der Waals surface area contributed by atoms with Gasteiger partial charge in [0.25, 0.3) is 5.91 Å². The molecule has 3 rings (SSSR count). The van der Waals surface area contributed by atoms with Crippen LogP contribution in [0.15, 0.2) is 54.6 Å². The minimum absolute atomic E-state index is 0.328. The summed E-state index contributed by atoms with van der Waals surface area (Å²) >= 11 is 0. The molecule has 156 valence electrons. The van der Waals surface area contributed by atoms with Crippen LogP contribution < -0.4 is 10.1 Å². The highest BCUT2D eigenvalue weighted by Crippen LogP contribution is 2.27. The fourth-order valence-electron chi connectivity index (χ4n) is 3.47. The number of nitriles is 1. The summed E-state index contributed by atoms with van der Waals surface area (Å²) in [6.45, 7) is 1.95. The van der Waals surface area contributed by atoms with Crippen molar-refractivity contribution in [1.82, 2.24) is 5.32 Å². The number of esters is 1. The summed E-state index contributed by atoms with van der Waals surface area (Å²) in [4.78, 5) is 24.8. The largest absolute Gasteiger partial charge is 0.489 e. The Kier molecular flexibility index (Phi) is 7.08. The molecular formula is C24H26N2O4. The fourth-order valence-corrected chi connectivity index (χ4v) is 3.47. The molecule has 2 aromatic carbocycles.